The van der Waals surface area contributed by atoms with Gasteiger partial charge >= 0.3 is 0 Å². The minimum atomic E-state index is -0.183. The van der Waals surface area contributed by atoms with Crippen LogP contribution in [0.25, 0.3) is 0 Å². The zero-order valence-electron chi connectivity index (χ0n) is 11.4. The quantitative estimate of drug-likeness (QED) is 0.757. The van der Waals surface area contributed by atoms with Crippen LogP contribution in [0.1, 0.15) is 27.3 Å². The second-order valence-electron chi connectivity index (χ2n) is 4.15. The number of carbonyl (C=O) groups is 1. The molecule has 20 heavy (non-hydrogen) atoms. The van der Waals surface area contributed by atoms with Crippen LogP contribution in [0.4, 0.5) is 10.9 Å². The van der Waals surface area contributed by atoms with E-state index in [0.717, 1.165) is 23.7 Å². The summed E-state index contributed by atoms with van der Waals surface area (Å²) in [6, 6.07) is 0. The molecule has 2 aromatic heterocycles. The minimum absolute atomic E-state index is 0.183. The molecule has 0 saturated carbocycles. The van der Waals surface area contributed by atoms with E-state index < -0.39 is 0 Å². The summed E-state index contributed by atoms with van der Waals surface area (Å²) in [5.74, 6) is 0.0889. The molecule has 8 heteroatoms. The van der Waals surface area contributed by atoms with Crippen molar-refractivity contribution in [1.29, 1.82) is 0 Å². The maximum Gasteiger partial charge on any atom is 0.265 e. The molecule has 0 aliphatic heterocycles. The number of aromatic nitrogens is 2. The Labute approximate surface area is 125 Å². The fraction of sp³-hybridized carbons (Fsp3) is 0.417. The van der Waals surface area contributed by atoms with Gasteiger partial charge in [0.1, 0.15) is 10.7 Å². The highest BCUT2D eigenvalue weighted by Gasteiger charge is 2.15. The summed E-state index contributed by atoms with van der Waals surface area (Å²) in [6.45, 7) is 5.21. The predicted octanol–water partition coefficient (Wildman–Crippen LogP) is 1.89. The Morgan fingerprint density at radius 2 is 2.25 bits per heavy atom. The summed E-state index contributed by atoms with van der Waals surface area (Å²) in [4.78, 5) is 20.9. The van der Waals surface area contributed by atoms with E-state index in [9.17, 15) is 4.79 Å². The van der Waals surface area contributed by atoms with Crippen molar-refractivity contribution < 1.29 is 4.79 Å². The van der Waals surface area contributed by atoms with Crippen LogP contribution in [0.3, 0.4) is 0 Å². The molecule has 6 nitrogen and oxygen atoms in total. The van der Waals surface area contributed by atoms with Crippen molar-refractivity contribution in [3.05, 3.63) is 21.0 Å². The lowest BCUT2D eigenvalue weighted by Crippen LogP contribution is -2.25. The van der Waals surface area contributed by atoms with E-state index in [2.05, 4.69) is 20.6 Å². The zero-order chi connectivity index (χ0) is 14.5. The first-order chi connectivity index (χ1) is 9.60. The molecule has 2 heterocycles. The van der Waals surface area contributed by atoms with Crippen molar-refractivity contribution in [2.75, 3.05) is 24.1 Å². The third kappa shape index (κ3) is 3.67. The molecule has 1 amide bonds. The van der Waals surface area contributed by atoms with E-state index >= 15 is 0 Å². The van der Waals surface area contributed by atoms with Crippen LogP contribution in [0.2, 0.25) is 0 Å². The monoisotopic (exact) mass is 311 g/mol. The molecule has 0 atom stereocenters. The van der Waals surface area contributed by atoms with Gasteiger partial charge in [-0.1, -0.05) is 11.3 Å². The van der Waals surface area contributed by atoms with Crippen LogP contribution < -0.4 is 16.4 Å². The number of amides is 1. The van der Waals surface area contributed by atoms with Gasteiger partial charge < -0.3 is 16.4 Å². The van der Waals surface area contributed by atoms with Crippen LogP contribution in [-0.4, -0.2) is 29.0 Å². The number of hydrogen-bond donors (Lipinski definition) is 3. The van der Waals surface area contributed by atoms with Gasteiger partial charge in [0.25, 0.3) is 5.91 Å². The first-order valence-electron chi connectivity index (χ1n) is 6.29. The number of nitrogens with one attached hydrogen (secondary N) is 2. The maximum absolute atomic E-state index is 12.0. The molecule has 0 radical (unpaired) electrons. The van der Waals surface area contributed by atoms with Crippen LogP contribution in [-0.2, 0) is 6.42 Å². The highest BCUT2D eigenvalue weighted by molar-refractivity contribution is 7.18. The number of aryl methyl sites for hydroxylation is 1. The first-order valence-corrected chi connectivity index (χ1v) is 7.99. The van der Waals surface area contributed by atoms with Gasteiger partial charge in [-0.15, -0.1) is 11.3 Å². The normalized spacial score (nSPS) is 10.5. The number of hydrogen-bond acceptors (Lipinski definition) is 7. The third-order valence-electron chi connectivity index (χ3n) is 2.48. The summed E-state index contributed by atoms with van der Waals surface area (Å²) in [5.41, 5.74) is 6.76. The highest BCUT2D eigenvalue weighted by atomic mass is 32.1. The molecule has 2 rings (SSSR count). The van der Waals surface area contributed by atoms with Crippen LogP contribution in [0.15, 0.2) is 5.38 Å². The van der Waals surface area contributed by atoms with Gasteiger partial charge in [-0.05, 0) is 13.8 Å². The predicted molar refractivity (Wildman–Crippen MR) is 83.6 cm³/mol. The average molecular weight is 311 g/mol. The standard InChI is InChI=1S/C12H17N5OS2/c1-3-14-12-17-10(13)9(20-12)11(18)15-5-4-8-16-7(2)6-19-8/h6H,3-5,13H2,1-2H3,(H,14,17)(H,15,18). The smallest absolute Gasteiger partial charge is 0.265 e. The van der Waals surface area contributed by atoms with E-state index in [4.69, 9.17) is 5.73 Å². The lowest BCUT2D eigenvalue weighted by atomic mass is 10.4. The molecule has 0 aliphatic carbocycles. The maximum atomic E-state index is 12.0. The van der Waals surface area contributed by atoms with Crippen LogP contribution >= 0.6 is 22.7 Å². The topological polar surface area (TPSA) is 92.9 Å². The molecule has 0 spiro atoms. The lowest BCUT2D eigenvalue weighted by Gasteiger charge is -2.01. The molecule has 0 bridgehead atoms. The van der Waals surface area contributed by atoms with Crippen molar-refractivity contribution in [3.63, 3.8) is 0 Å². The molecule has 0 saturated heterocycles. The Hall–Kier alpha value is -1.67. The van der Waals surface area contributed by atoms with Crippen LogP contribution in [0, 0.1) is 6.92 Å². The number of nitrogen functional groups attached to an aromatic ring is 1. The summed E-state index contributed by atoms with van der Waals surface area (Å²) < 4.78 is 0. The van der Waals surface area contributed by atoms with Gasteiger partial charge in [-0.2, -0.15) is 0 Å². The van der Waals surface area contributed by atoms with Crippen molar-refractivity contribution in [2.24, 2.45) is 0 Å². The van der Waals surface area contributed by atoms with Gasteiger partial charge in [0, 0.05) is 30.6 Å². The molecule has 108 valence electrons. The molecule has 0 aromatic carbocycles. The molecule has 4 N–H and O–H groups in total. The van der Waals surface area contributed by atoms with Crippen LogP contribution in [0.5, 0.6) is 0 Å². The molecule has 0 fully saturated rings. The summed E-state index contributed by atoms with van der Waals surface area (Å²) in [6.07, 6.45) is 0.725. The Balaban J connectivity index is 1.88. The number of nitrogens with zero attached hydrogens (tertiary/aromatic N) is 2. The van der Waals surface area contributed by atoms with Gasteiger partial charge in [0.05, 0.1) is 5.01 Å². The first kappa shape index (κ1) is 14.7. The summed E-state index contributed by atoms with van der Waals surface area (Å²) in [5, 5.41) is 9.59. The van der Waals surface area contributed by atoms with E-state index in [1.807, 2.05) is 19.2 Å². The SMILES string of the molecule is CCNc1nc(N)c(C(=O)NCCc2nc(C)cs2)s1. The van der Waals surface area contributed by atoms with E-state index in [1.165, 1.54) is 11.3 Å². The molecule has 0 unspecified atom stereocenters. The van der Waals surface area contributed by atoms with Crippen molar-refractivity contribution in [2.45, 2.75) is 20.3 Å². The number of rotatable bonds is 6. The number of nitrogens with two attached hydrogens (primary N) is 1. The van der Waals surface area contributed by atoms with Crippen molar-refractivity contribution in [1.82, 2.24) is 15.3 Å². The molecule has 0 aliphatic rings. The minimum Gasteiger partial charge on any atom is -0.382 e. The third-order valence-corrected chi connectivity index (χ3v) is 4.53. The Morgan fingerprint density at radius 1 is 1.45 bits per heavy atom. The van der Waals surface area contributed by atoms with Gasteiger partial charge in [-0.3, -0.25) is 4.79 Å². The number of carbonyl (C=O) groups excluding carboxylic acids is 1. The molecular weight excluding hydrogens is 294 g/mol. The van der Waals surface area contributed by atoms with Gasteiger partial charge in [0.15, 0.2) is 5.13 Å². The van der Waals surface area contributed by atoms with Gasteiger partial charge in [0.2, 0.25) is 0 Å². The van der Waals surface area contributed by atoms with Crippen molar-refractivity contribution in [3.8, 4) is 0 Å². The zero-order valence-corrected chi connectivity index (χ0v) is 13.0. The number of anilines is 2. The highest BCUT2D eigenvalue weighted by Crippen LogP contribution is 2.24. The molecule has 2 aromatic rings. The van der Waals surface area contributed by atoms with E-state index in [0.29, 0.717) is 16.6 Å². The number of thiazole rings is 2. The Bertz CT molecular complexity index is 592. The van der Waals surface area contributed by atoms with E-state index in [1.54, 1.807) is 11.3 Å². The largest absolute Gasteiger partial charge is 0.382 e. The fourth-order valence-electron chi connectivity index (χ4n) is 1.60. The Morgan fingerprint density at radius 3 is 2.90 bits per heavy atom. The summed E-state index contributed by atoms with van der Waals surface area (Å²) in [7, 11) is 0. The fourth-order valence-corrected chi connectivity index (χ4v) is 3.25. The molecular formula is C12H17N5OS2. The average Bonchev–Trinajstić information content (AvgIpc) is 2.96. The lowest BCUT2D eigenvalue weighted by molar-refractivity contribution is 0.0959. The van der Waals surface area contributed by atoms with Gasteiger partial charge in [-0.25, -0.2) is 9.97 Å². The Kier molecular flexibility index (Phi) is 4.91. The summed E-state index contributed by atoms with van der Waals surface area (Å²) >= 11 is 2.87. The van der Waals surface area contributed by atoms with E-state index in [-0.39, 0.29) is 11.7 Å². The second-order valence-corrected chi connectivity index (χ2v) is 6.09. The van der Waals surface area contributed by atoms with Crippen molar-refractivity contribution >= 4 is 39.5 Å². The second kappa shape index (κ2) is 6.67.